The lowest BCUT2D eigenvalue weighted by Gasteiger charge is -2.56. The monoisotopic (exact) mass is 398 g/mol. The molecule has 0 aromatic heterocycles. The summed E-state index contributed by atoms with van der Waals surface area (Å²) in [5, 5.41) is 0. The van der Waals surface area contributed by atoms with Crippen LogP contribution in [-0.2, 0) is 23.9 Å². The molecule has 4 aliphatic carbocycles. The molecule has 0 radical (unpaired) electrons. The summed E-state index contributed by atoms with van der Waals surface area (Å²) in [7, 11) is 1.46. The van der Waals surface area contributed by atoms with Crippen LogP contribution in [0.3, 0.4) is 0 Å². The lowest BCUT2D eigenvalue weighted by molar-refractivity contribution is -0.163. The van der Waals surface area contributed by atoms with Crippen molar-refractivity contribution in [1.29, 1.82) is 0 Å². The third-order valence-corrected chi connectivity index (χ3v) is 9.23. The fraction of sp³-hybridized carbons (Fsp3) is 0.708. The Morgan fingerprint density at radius 2 is 1.97 bits per heavy atom. The van der Waals surface area contributed by atoms with E-state index in [1.54, 1.807) is 6.08 Å². The third kappa shape index (κ3) is 2.36. The van der Waals surface area contributed by atoms with Gasteiger partial charge in [-0.1, -0.05) is 31.1 Å². The second kappa shape index (κ2) is 6.05. The molecule has 0 amide bonds. The molecule has 5 nitrogen and oxygen atoms in total. The Hall–Kier alpha value is -1.91. The van der Waals surface area contributed by atoms with Crippen LogP contribution in [0, 0.1) is 28.6 Å². The van der Waals surface area contributed by atoms with Crippen LogP contribution in [-0.4, -0.2) is 30.4 Å². The average molecular weight is 398 g/mol. The number of carbonyl (C=O) groups excluding carboxylic acids is 3. The number of hydrogen-bond donors (Lipinski definition) is 0. The van der Waals surface area contributed by atoms with E-state index < -0.39 is 5.60 Å². The zero-order valence-corrected chi connectivity index (χ0v) is 17.6. The number of allylic oxidation sites excluding steroid dienone is 4. The van der Waals surface area contributed by atoms with Gasteiger partial charge in [-0.2, -0.15) is 0 Å². The fourth-order valence-corrected chi connectivity index (χ4v) is 7.53. The number of ketones is 1. The van der Waals surface area contributed by atoms with Gasteiger partial charge in [0.1, 0.15) is 5.60 Å². The maximum Gasteiger partial charge on any atom is 0.309 e. The molecule has 3 unspecified atom stereocenters. The fourth-order valence-electron chi connectivity index (χ4n) is 7.53. The number of methoxy groups -OCH3 is 1. The number of esters is 2. The van der Waals surface area contributed by atoms with Crippen LogP contribution in [0.1, 0.15) is 65.2 Å². The molecule has 0 aromatic rings. The van der Waals surface area contributed by atoms with E-state index in [1.807, 2.05) is 0 Å². The van der Waals surface area contributed by atoms with Gasteiger partial charge < -0.3 is 9.47 Å². The van der Waals surface area contributed by atoms with Gasteiger partial charge in [-0.3, -0.25) is 14.4 Å². The summed E-state index contributed by atoms with van der Waals surface area (Å²) >= 11 is 0. The molecule has 5 rings (SSSR count). The highest BCUT2D eigenvalue weighted by atomic mass is 16.6. The van der Waals surface area contributed by atoms with E-state index in [0.717, 1.165) is 37.7 Å². The Morgan fingerprint density at radius 1 is 1.17 bits per heavy atom. The van der Waals surface area contributed by atoms with Gasteiger partial charge in [-0.05, 0) is 56.4 Å². The minimum atomic E-state index is -0.392. The van der Waals surface area contributed by atoms with Crippen molar-refractivity contribution in [2.75, 3.05) is 7.11 Å². The molecule has 0 N–H and O–H groups in total. The molecule has 0 aromatic carbocycles. The molecule has 3 fully saturated rings. The van der Waals surface area contributed by atoms with Crippen molar-refractivity contribution in [2.45, 2.75) is 70.8 Å². The first-order valence-corrected chi connectivity index (χ1v) is 11.0. The summed E-state index contributed by atoms with van der Waals surface area (Å²) in [5.41, 5.74) is 1.72. The maximum absolute atomic E-state index is 12.9. The number of ether oxygens (including phenoxy) is 2. The van der Waals surface area contributed by atoms with Gasteiger partial charge in [0, 0.05) is 23.7 Å². The number of rotatable bonds is 1. The van der Waals surface area contributed by atoms with Crippen LogP contribution < -0.4 is 0 Å². The Balaban J connectivity index is 1.63. The summed E-state index contributed by atoms with van der Waals surface area (Å²) in [6.45, 7) is 4.52. The summed E-state index contributed by atoms with van der Waals surface area (Å²) in [4.78, 5) is 37.1. The van der Waals surface area contributed by atoms with Gasteiger partial charge >= 0.3 is 11.9 Å². The largest absolute Gasteiger partial charge is 0.469 e. The van der Waals surface area contributed by atoms with E-state index in [4.69, 9.17) is 9.47 Å². The average Bonchev–Trinajstić information content (AvgIpc) is 3.22. The Labute approximate surface area is 171 Å². The molecule has 2 saturated carbocycles. The molecule has 1 heterocycles. The molecule has 1 spiro atoms. The molecule has 0 bridgehead atoms. The highest BCUT2D eigenvalue weighted by Gasteiger charge is 2.67. The second-order valence-corrected chi connectivity index (χ2v) is 10.2. The van der Waals surface area contributed by atoms with Crippen molar-refractivity contribution in [3.63, 3.8) is 0 Å². The Kier molecular flexibility index (Phi) is 3.98. The van der Waals surface area contributed by atoms with E-state index >= 15 is 0 Å². The zero-order chi connectivity index (χ0) is 20.6. The first-order valence-electron chi connectivity index (χ1n) is 11.0. The van der Waals surface area contributed by atoms with Crippen molar-refractivity contribution < 1.29 is 23.9 Å². The predicted molar refractivity (Wildman–Crippen MR) is 106 cm³/mol. The van der Waals surface area contributed by atoms with Gasteiger partial charge in [0.15, 0.2) is 5.78 Å². The van der Waals surface area contributed by atoms with Crippen LogP contribution in [0.15, 0.2) is 23.3 Å². The first kappa shape index (κ1) is 19.1. The smallest absolute Gasteiger partial charge is 0.309 e. The van der Waals surface area contributed by atoms with Crippen molar-refractivity contribution in [3.05, 3.63) is 23.3 Å². The zero-order valence-electron chi connectivity index (χ0n) is 17.6. The van der Waals surface area contributed by atoms with Crippen LogP contribution >= 0.6 is 0 Å². The van der Waals surface area contributed by atoms with E-state index in [-0.39, 0.29) is 46.3 Å². The lowest BCUT2D eigenvalue weighted by Crippen LogP contribution is -2.53. The maximum atomic E-state index is 12.9. The molecule has 6 atom stereocenters. The van der Waals surface area contributed by atoms with Gasteiger partial charge in [-0.15, -0.1) is 0 Å². The molecular weight excluding hydrogens is 368 g/mol. The molecule has 29 heavy (non-hydrogen) atoms. The minimum absolute atomic E-state index is 0.0854. The molecule has 5 heteroatoms. The highest BCUT2D eigenvalue weighted by Crippen LogP contribution is 2.69. The summed E-state index contributed by atoms with van der Waals surface area (Å²) in [6, 6.07) is 0. The summed E-state index contributed by atoms with van der Waals surface area (Å²) < 4.78 is 11.2. The normalized spacial score (nSPS) is 45.7. The van der Waals surface area contributed by atoms with Crippen molar-refractivity contribution >= 4 is 17.7 Å². The van der Waals surface area contributed by atoms with Crippen LogP contribution in [0.2, 0.25) is 0 Å². The van der Waals surface area contributed by atoms with Gasteiger partial charge in [0.2, 0.25) is 0 Å². The van der Waals surface area contributed by atoms with Gasteiger partial charge in [0.25, 0.3) is 0 Å². The van der Waals surface area contributed by atoms with Gasteiger partial charge in [0.05, 0.1) is 13.0 Å². The van der Waals surface area contributed by atoms with E-state index in [1.165, 1.54) is 12.7 Å². The summed E-state index contributed by atoms with van der Waals surface area (Å²) in [6.07, 6.45) is 10.1. The van der Waals surface area contributed by atoms with Crippen LogP contribution in [0.5, 0.6) is 0 Å². The quantitative estimate of drug-likeness (QED) is 0.495. The molecule has 1 saturated heterocycles. The number of hydrogen-bond acceptors (Lipinski definition) is 5. The minimum Gasteiger partial charge on any atom is -0.469 e. The lowest BCUT2D eigenvalue weighted by atomic mass is 9.48. The van der Waals surface area contributed by atoms with Crippen LogP contribution in [0.25, 0.3) is 0 Å². The predicted octanol–water partition coefficient (Wildman–Crippen LogP) is 3.91. The van der Waals surface area contributed by atoms with Crippen LogP contribution in [0.4, 0.5) is 0 Å². The van der Waals surface area contributed by atoms with E-state index in [9.17, 15) is 14.4 Å². The number of fused-ring (bicyclic) bond motifs is 6. The highest BCUT2D eigenvalue weighted by molar-refractivity contribution is 5.92. The second-order valence-electron chi connectivity index (χ2n) is 10.2. The molecule has 1 aliphatic heterocycles. The number of carbonyl (C=O) groups is 3. The van der Waals surface area contributed by atoms with E-state index in [2.05, 4.69) is 19.9 Å². The van der Waals surface area contributed by atoms with Crippen molar-refractivity contribution in [1.82, 2.24) is 0 Å². The standard InChI is InChI=1S/C24H30O5/c1-22-8-4-15(25)12-14(22)13-16(21(27)28-3)20-17(22)5-9-23(2)18(20)6-10-24(23)11-7-19(26)29-24/h5,12,16,18,20H,4,6-11,13H2,1-3H3/t16?,18?,20?,22-,23-,24+/m0/s1. The van der Waals surface area contributed by atoms with Gasteiger partial charge in [-0.25, -0.2) is 0 Å². The topological polar surface area (TPSA) is 69.7 Å². The third-order valence-electron chi connectivity index (χ3n) is 9.23. The molecular formula is C24H30O5. The van der Waals surface area contributed by atoms with Crippen molar-refractivity contribution in [2.24, 2.45) is 28.6 Å². The first-order chi connectivity index (χ1) is 13.7. The Morgan fingerprint density at radius 3 is 2.66 bits per heavy atom. The summed E-state index contributed by atoms with van der Waals surface area (Å²) in [5.74, 6) is 0.00356. The Bertz CT molecular complexity index is 868. The van der Waals surface area contributed by atoms with Crippen molar-refractivity contribution in [3.8, 4) is 0 Å². The SMILES string of the molecule is COC(=O)C1CC2=CC(=O)CC[C@]2(C)C2=CC[C@@]3(C)C(CC[C@@]34CCC(=O)O4)C21. The molecule has 156 valence electrons. The molecule has 5 aliphatic rings. The van der Waals surface area contributed by atoms with E-state index in [0.29, 0.717) is 19.3 Å².